The number of aromatic hydroxyl groups is 1. The molecule has 1 fully saturated rings. The maximum Gasteiger partial charge on any atom is 0.257 e. The van der Waals surface area contributed by atoms with E-state index in [4.69, 9.17) is 5.10 Å². The van der Waals surface area contributed by atoms with Gasteiger partial charge < -0.3 is 14.9 Å². The van der Waals surface area contributed by atoms with E-state index in [0.29, 0.717) is 37.4 Å². The van der Waals surface area contributed by atoms with E-state index in [0.717, 1.165) is 23.4 Å². The zero-order chi connectivity index (χ0) is 23.5. The van der Waals surface area contributed by atoms with Crippen molar-refractivity contribution in [3.8, 4) is 22.7 Å². The van der Waals surface area contributed by atoms with E-state index in [-0.39, 0.29) is 11.7 Å². The van der Waals surface area contributed by atoms with Gasteiger partial charge in [-0.15, -0.1) is 0 Å². The molecule has 6 nitrogen and oxygen atoms in total. The number of phenols is 1. The Morgan fingerprint density at radius 3 is 2.26 bits per heavy atom. The molecule has 0 radical (unpaired) electrons. The van der Waals surface area contributed by atoms with Crippen LogP contribution in [0.1, 0.15) is 22.8 Å². The van der Waals surface area contributed by atoms with Crippen molar-refractivity contribution in [2.24, 2.45) is 0 Å². The van der Waals surface area contributed by atoms with Gasteiger partial charge in [-0.05, 0) is 36.2 Å². The molecule has 5 rings (SSSR count). The van der Waals surface area contributed by atoms with Gasteiger partial charge >= 0.3 is 0 Å². The lowest BCUT2D eigenvalue weighted by Gasteiger charge is -2.36. The number of phenolic OH excluding ortho intramolecular Hbond substituents is 1. The van der Waals surface area contributed by atoms with E-state index in [1.165, 1.54) is 5.56 Å². The number of para-hydroxylation sites is 1. The Morgan fingerprint density at radius 1 is 0.882 bits per heavy atom. The Labute approximate surface area is 199 Å². The zero-order valence-electron chi connectivity index (χ0n) is 19.3. The summed E-state index contributed by atoms with van der Waals surface area (Å²) < 4.78 is 1.79. The van der Waals surface area contributed by atoms with Crippen molar-refractivity contribution < 1.29 is 9.90 Å². The van der Waals surface area contributed by atoms with Gasteiger partial charge in [-0.25, -0.2) is 4.68 Å². The van der Waals surface area contributed by atoms with Crippen LogP contribution in [0.15, 0.2) is 85.1 Å². The second-order valence-electron chi connectivity index (χ2n) is 8.52. The minimum Gasteiger partial charge on any atom is -0.508 e. The molecule has 0 atom stereocenters. The molecule has 1 N–H and O–H groups in total. The number of hydrogen-bond acceptors (Lipinski definition) is 4. The van der Waals surface area contributed by atoms with Crippen LogP contribution in [-0.4, -0.2) is 51.9 Å². The summed E-state index contributed by atoms with van der Waals surface area (Å²) in [6, 6.07) is 25.4. The Bertz CT molecular complexity index is 1270. The molecular weight excluding hydrogens is 424 g/mol. The van der Waals surface area contributed by atoms with Gasteiger partial charge in [-0.2, -0.15) is 5.10 Å². The number of aryl methyl sites for hydroxylation is 1. The van der Waals surface area contributed by atoms with Crippen LogP contribution in [0.5, 0.6) is 5.75 Å². The third kappa shape index (κ3) is 4.39. The third-order valence-corrected chi connectivity index (χ3v) is 6.36. The molecule has 34 heavy (non-hydrogen) atoms. The maximum absolute atomic E-state index is 13.7. The molecule has 1 aromatic heterocycles. The molecule has 1 aliphatic heterocycles. The minimum absolute atomic E-state index is 0.00712. The van der Waals surface area contributed by atoms with Crippen LogP contribution in [0.2, 0.25) is 0 Å². The molecule has 4 aromatic rings. The smallest absolute Gasteiger partial charge is 0.257 e. The van der Waals surface area contributed by atoms with Crippen LogP contribution in [-0.2, 0) is 6.42 Å². The molecular formula is C28H28N4O2. The Hall–Kier alpha value is -4.06. The van der Waals surface area contributed by atoms with Crippen LogP contribution < -0.4 is 4.90 Å². The standard InChI is InChI=1S/C28H28N4O2/c1-2-21-11-13-22(14-12-21)27-26(20-32(29-27)23-7-4-3-5-8-23)28(34)31-17-15-30(16-18-31)24-9-6-10-25(33)19-24/h3-14,19-20,33H,2,15-18H2,1H3. The number of piperazine rings is 1. The monoisotopic (exact) mass is 452 g/mol. The molecule has 172 valence electrons. The fraction of sp³-hybridized carbons (Fsp3) is 0.214. The summed E-state index contributed by atoms with van der Waals surface area (Å²) in [4.78, 5) is 17.8. The first-order chi connectivity index (χ1) is 16.6. The molecule has 0 unspecified atom stereocenters. The first-order valence-corrected chi connectivity index (χ1v) is 11.7. The highest BCUT2D eigenvalue weighted by Crippen LogP contribution is 2.27. The molecule has 2 heterocycles. The second kappa shape index (κ2) is 9.43. The van der Waals surface area contributed by atoms with Crippen molar-refractivity contribution in [1.82, 2.24) is 14.7 Å². The summed E-state index contributed by atoms with van der Waals surface area (Å²) in [6.07, 6.45) is 2.82. The Kier molecular flexibility index (Phi) is 6.04. The van der Waals surface area contributed by atoms with E-state index in [9.17, 15) is 9.90 Å². The Balaban J connectivity index is 1.42. The molecule has 0 saturated carbocycles. The van der Waals surface area contributed by atoms with Gasteiger partial charge in [0.05, 0.1) is 11.3 Å². The Morgan fingerprint density at radius 2 is 1.59 bits per heavy atom. The van der Waals surface area contributed by atoms with E-state index < -0.39 is 0 Å². The predicted molar refractivity (Wildman–Crippen MR) is 135 cm³/mol. The van der Waals surface area contributed by atoms with Crippen molar-refractivity contribution in [3.05, 3.63) is 96.2 Å². The number of carbonyl (C=O) groups excluding carboxylic acids is 1. The van der Waals surface area contributed by atoms with Crippen LogP contribution in [0.25, 0.3) is 16.9 Å². The van der Waals surface area contributed by atoms with Crippen LogP contribution in [0, 0.1) is 0 Å². The molecule has 6 heteroatoms. The van der Waals surface area contributed by atoms with Crippen molar-refractivity contribution in [1.29, 1.82) is 0 Å². The second-order valence-corrected chi connectivity index (χ2v) is 8.52. The lowest BCUT2D eigenvalue weighted by atomic mass is 10.0. The highest BCUT2D eigenvalue weighted by atomic mass is 16.3. The number of rotatable bonds is 5. The number of benzene rings is 3. The van der Waals surface area contributed by atoms with Gasteiger partial charge in [-0.3, -0.25) is 4.79 Å². The predicted octanol–water partition coefficient (Wildman–Crippen LogP) is 4.77. The summed E-state index contributed by atoms with van der Waals surface area (Å²) in [5.74, 6) is 0.246. The third-order valence-electron chi connectivity index (χ3n) is 6.36. The molecule has 1 amide bonds. The minimum atomic E-state index is -0.00712. The van der Waals surface area contributed by atoms with Crippen molar-refractivity contribution >= 4 is 11.6 Å². The number of anilines is 1. The first-order valence-electron chi connectivity index (χ1n) is 11.7. The van der Waals surface area contributed by atoms with E-state index in [2.05, 4.69) is 24.0 Å². The van der Waals surface area contributed by atoms with Crippen molar-refractivity contribution in [3.63, 3.8) is 0 Å². The van der Waals surface area contributed by atoms with E-state index in [1.807, 2.05) is 65.7 Å². The number of aromatic nitrogens is 2. The SMILES string of the molecule is CCc1ccc(-c2nn(-c3ccccc3)cc2C(=O)N2CCN(c3cccc(O)c3)CC2)cc1. The molecule has 0 spiro atoms. The molecule has 1 saturated heterocycles. The fourth-order valence-corrected chi connectivity index (χ4v) is 4.38. The summed E-state index contributed by atoms with van der Waals surface area (Å²) in [5, 5.41) is 14.6. The summed E-state index contributed by atoms with van der Waals surface area (Å²) >= 11 is 0. The van der Waals surface area contributed by atoms with Gasteiger partial charge in [0, 0.05) is 49.7 Å². The van der Waals surface area contributed by atoms with Gasteiger partial charge in [0.2, 0.25) is 0 Å². The van der Waals surface area contributed by atoms with Gasteiger partial charge in [0.1, 0.15) is 11.4 Å². The quantitative estimate of drug-likeness (QED) is 0.474. The van der Waals surface area contributed by atoms with E-state index >= 15 is 0 Å². The highest BCUT2D eigenvalue weighted by molar-refractivity contribution is 6.00. The van der Waals surface area contributed by atoms with Gasteiger partial charge in [0.15, 0.2) is 0 Å². The first kappa shape index (κ1) is 21.8. The van der Waals surface area contributed by atoms with Gasteiger partial charge in [0.25, 0.3) is 5.91 Å². The average molecular weight is 453 g/mol. The molecule has 3 aromatic carbocycles. The maximum atomic E-state index is 13.7. The summed E-state index contributed by atoms with van der Waals surface area (Å²) in [7, 11) is 0. The zero-order valence-corrected chi connectivity index (χ0v) is 19.3. The summed E-state index contributed by atoms with van der Waals surface area (Å²) in [5.41, 5.74) is 5.39. The highest BCUT2D eigenvalue weighted by Gasteiger charge is 2.27. The van der Waals surface area contributed by atoms with Crippen LogP contribution in [0.4, 0.5) is 5.69 Å². The number of carbonyl (C=O) groups is 1. The van der Waals surface area contributed by atoms with E-state index in [1.54, 1.807) is 16.8 Å². The topological polar surface area (TPSA) is 61.6 Å². The largest absolute Gasteiger partial charge is 0.508 e. The molecule has 0 bridgehead atoms. The summed E-state index contributed by atoms with van der Waals surface area (Å²) in [6.45, 7) is 4.77. The van der Waals surface area contributed by atoms with Crippen molar-refractivity contribution in [2.75, 3.05) is 31.1 Å². The lowest BCUT2D eigenvalue weighted by Crippen LogP contribution is -2.48. The number of nitrogens with zero attached hydrogens (tertiary/aromatic N) is 4. The average Bonchev–Trinajstić information content (AvgIpc) is 3.34. The lowest BCUT2D eigenvalue weighted by molar-refractivity contribution is 0.0747. The van der Waals surface area contributed by atoms with Crippen LogP contribution in [0.3, 0.4) is 0 Å². The molecule has 0 aliphatic carbocycles. The molecule has 1 aliphatic rings. The number of amides is 1. The normalized spacial score (nSPS) is 13.8. The van der Waals surface area contributed by atoms with Crippen molar-refractivity contribution in [2.45, 2.75) is 13.3 Å². The number of hydrogen-bond donors (Lipinski definition) is 1. The van der Waals surface area contributed by atoms with Gasteiger partial charge in [-0.1, -0.05) is 55.5 Å². The fourth-order valence-electron chi connectivity index (χ4n) is 4.38. The van der Waals surface area contributed by atoms with Crippen LogP contribution >= 0.6 is 0 Å².